The first kappa shape index (κ1) is 13.0. The highest BCUT2D eigenvalue weighted by Gasteiger charge is 2.22. The second kappa shape index (κ2) is 5.89. The number of hydrogen-bond donors (Lipinski definition) is 2. The zero-order valence-electron chi connectivity index (χ0n) is 9.55. The van der Waals surface area contributed by atoms with Gasteiger partial charge in [-0.3, -0.25) is 9.59 Å². The molecule has 1 unspecified atom stereocenters. The molecule has 1 atom stereocenters. The molecule has 17 heavy (non-hydrogen) atoms. The minimum atomic E-state index is -1.02. The van der Waals surface area contributed by atoms with Crippen LogP contribution in [-0.2, 0) is 20.7 Å². The molecule has 5 heteroatoms. The molecular weight excluding hydrogens is 222 g/mol. The monoisotopic (exact) mass is 237 g/mol. The highest BCUT2D eigenvalue weighted by molar-refractivity contribution is 5.79. The molecule has 92 valence electrons. The summed E-state index contributed by atoms with van der Waals surface area (Å²) in [6, 6.07) is 6.97. The Hall–Kier alpha value is -2.04. The Labute approximate surface area is 99.2 Å². The molecule has 0 heterocycles. The summed E-state index contributed by atoms with van der Waals surface area (Å²) in [5, 5.41) is 8.72. The van der Waals surface area contributed by atoms with Gasteiger partial charge in [-0.2, -0.15) is 0 Å². The number of esters is 1. The van der Waals surface area contributed by atoms with Gasteiger partial charge in [0.05, 0.1) is 19.4 Å². The van der Waals surface area contributed by atoms with E-state index in [1.807, 2.05) is 0 Å². The lowest BCUT2D eigenvalue weighted by molar-refractivity contribution is -0.150. The number of carbonyl (C=O) groups excluding carboxylic acids is 1. The van der Waals surface area contributed by atoms with E-state index in [2.05, 4.69) is 4.74 Å². The first-order valence-corrected chi connectivity index (χ1v) is 5.17. The van der Waals surface area contributed by atoms with Crippen molar-refractivity contribution in [1.29, 1.82) is 0 Å². The van der Waals surface area contributed by atoms with Crippen molar-refractivity contribution in [1.82, 2.24) is 0 Å². The van der Waals surface area contributed by atoms with Crippen molar-refractivity contribution in [3.05, 3.63) is 29.8 Å². The van der Waals surface area contributed by atoms with Gasteiger partial charge in [0.2, 0.25) is 0 Å². The third-order valence-electron chi connectivity index (χ3n) is 2.42. The first-order chi connectivity index (χ1) is 8.02. The lowest BCUT2D eigenvalue weighted by Crippen LogP contribution is -2.22. The number of nitrogens with two attached hydrogens (primary N) is 1. The van der Waals surface area contributed by atoms with Gasteiger partial charge in [-0.1, -0.05) is 12.1 Å². The van der Waals surface area contributed by atoms with Crippen molar-refractivity contribution in [2.45, 2.75) is 12.8 Å². The van der Waals surface area contributed by atoms with Crippen LogP contribution in [-0.4, -0.2) is 24.2 Å². The van der Waals surface area contributed by atoms with Crippen LogP contribution < -0.4 is 5.73 Å². The molecule has 1 rings (SSSR count). The topological polar surface area (TPSA) is 89.6 Å². The number of rotatable bonds is 5. The standard InChI is InChI=1S/C12H15NO4/c1-17-12(16)9(7-11(14)15)6-8-2-4-10(13)5-3-8/h2-5,9H,6-7,13H2,1H3,(H,14,15). The van der Waals surface area contributed by atoms with Gasteiger partial charge in [0.15, 0.2) is 0 Å². The van der Waals surface area contributed by atoms with Gasteiger partial charge in [-0.25, -0.2) is 0 Å². The van der Waals surface area contributed by atoms with Crippen LogP contribution in [0.25, 0.3) is 0 Å². The molecule has 0 radical (unpaired) electrons. The maximum atomic E-state index is 11.4. The molecule has 0 saturated heterocycles. The van der Waals surface area contributed by atoms with Crippen LogP contribution in [0, 0.1) is 5.92 Å². The van der Waals surface area contributed by atoms with E-state index >= 15 is 0 Å². The fourth-order valence-corrected chi connectivity index (χ4v) is 1.55. The fourth-order valence-electron chi connectivity index (χ4n) is 1.55. The second-order valence-corrected chi connectivity index (χ2v) is 3.76. The summed E-state index contributed by atoms with van der Waals surface area (Å²) < 4.78 is 4.58. The van der Waals surface area contributed by atoms with E-state index in [0.29, 0.717) is 12.1 Å². The molecular formula is C12H15NO4. The van der Waals surface area contributed by atoms with Crippen molar-refractivity contribution < 1.29 is 19.4 Å². The number of anilines is 1. The molecule has 5 nitrogen and oxygen atoms in total. The summed E-state index contributed by atoms with van der Waals surface area (Å²) in [5.74, 6) is -2.19. The van der Waals surface area contributed by atoms with Gasteiger partial charge in [-0.15, -0.1) is 0 Å². The highest BCUT2D eigenvalue weighted by Crippen LogP contribution is 2.15. The Morgan fingerprint density at radius 1 is 1.35 bits per heavy atom. The number of nitrogen functional groups attached to an aromatic ring is 1. The number of carbonyl (C=O) groups is 2. The largest absolute Gasteiger partial charge is 0.481 e. The predicted octanol–water partition coefficient (Wildman–Crippen LogP) is 1.08. The van der Waals surface area contributed by atoms with E-state index in [1.165, 1.54) is 7.11 Å². The Bertz CT molecular complexity index is 399. The highest BCUT2D eigenvalue weighted by atomic mass is 16.5. The van der Waals surface area contributed by atoms with Crippen LogP contribution in [0.15, 0.2) is 24.3 Å². The number of carboxylic acid groups (broad SMARTS) is 1. The van der Waals surface area contributed by atoms with Gasteiger partial charge >= 0.3 is 11.9 Å². The summed E-state index contributed by atoms with van der Waals surface area (Å²) in [7, 11) is 1.25. The number of carboxylic acids is 1. The van der Waals surface area contributed by atoms with Crippen molar-refractivity contribution in [2.24, 2.45) is 5.92 Å². The molecule has 0 aliphatic rings. The molecule has 0 saturated carbocycles. The Balaban J connectivity index is 2.75. The fraction of sp³-hybridized carbons (Fsp3) is 0.333. The first-order valence-electron chi connectivity index (χ1n) is 5.17. The predicted molar refractivity (Wildman–Crippen MR) is 62.3 cm³/mol. The van der Waals surface area contributed by atoms with Crippen LogP contribution in [0.3, 0.4) is 0 Å². The minimum absolute atomic E-state index is 0.239. The van der Waals surface area contributed by atoms with Gasteiger partial charge in [-0.05, 0) is 24.1 Å². The molecule has 0 spiro atoms. The molecule has 0 bridgehead atoms. The summed E-state index contributed by atoms with van der Waals surface area (Å²) >= 11 is 0. The Morgan fingerprint density at radius 3 is 2.41 bits per heavy atom. The Kier molecular flexibility index (Phi) is 4.51. The summed E-state index contributed by atoms with van der Waals surface area (Å²) in [6.07, 6.45) is 0.0936. The summed E-state index contributed by atoms with van der Waals surface area (Å²) in [4.78, 5) is 22.1. The maximum absolute atomic E-state index is 11.4. The van der Waals surface area contributed by atoms with Gasteiger partial charge in [0.25, 0.3) is 0 Å². The van der Waals surface area contributed by atoms with Gasteiger partial charge in [0.1, 0.15) is 0 Å². The van der Waals surface area contributed by atoms with E-state index in [-0.39, 0.29) is 6.42 Å². The molecule has 0 amide bonds. The molecule has 1 aromatic carbocycles. The SMILES string of the molecule is COC(=O)C(CC(=O)O)Cc1ccc(N)cc1. The van der Waals surface area contributed by atoms with E-state index < -0.39 is 17.9 Å². The van der Waals surface area contributed by atoms with Gasteiger partial charge < -0.3 is 15.6 Å². The third kappa shape index (κ3) is 4.14. The molecule has 0 aromatic heterocycles. The van der Waals surface area contributed by atoms with E-state index in [0.717, 1.165) is 5.56 Å². The summed E-state index contributed by atoms with van der Waals surface area (Å²) in [5.41, 5.74) is 7.02. The second-order valence-electron chi connectivity index (χ2n) is 3.76. The van der Waals surface area contributed by atoms with Crippen LogP contribution in [0.2, 0.25) is 0 Å². The van der Waals surface area contributed by atoms with Crippen LogP contribution in [0.5, 0.6) is 0 Å². The van der Waals surface area contributed by atoms with E-state index in [4.69, 9.17) is 10.8 Å². The van der Waals surface area contributed by atoms with Crippen molar-refractivity contribution >= 4 is 17.6 Å². The summed E-state index contributed by atoms with van der Waals surface area (Å²) in [6.45, 7) is 0. The van der Waals surface area contributed by atoms with Crippen molar-refractivity contribution in [3.8, 4) is 0 Å². The van der Waals surface area contributed by atoms with E-state index in [1.54, 1.807) is 24.3 Å². The van der Waals surface area contributed by atoms with Crippen LogP contribution in [0.1, 0.15) is 12.0 Å². The number of benzene rings is 1. The molecule has 3 N–H and O–H groups in total. The quantitative estimate of drug-likeness (QED) is 0.590. The lowest BCUT2D eigenvalue weighted by Gasteiger charge is -2.12. The van der Waals surface area contributed by atoms with E-state index in [9.17, 15) is 9.59 Å². The van der Waals surface area contributed by atoms with Crippen LogP contribution >= 0.6 is 0 Å². The van der Waals surface area contributed by atoms with Crippen LogP contribution in [0.4, 0.5) is 5.69 Å². The van der Waals surface area contributed by atoms with Gasteiger partial charge in [0, 0.05) is 5.69 Å². The minimum Gasteiger partial charge on any atom is -0.481 e. The normalized spacial score (nSPS) is 11.8. The zero-order chi connectivity index (χ0) is 12.8. The third-order valence-corrected chi connectivity index (χ3v) is 2.42. The zero-order valence-corrected chi connectivity index (χ0v) is 9.55. The number of ether oxygens (including phenoxy) is 1. The lowest BCUT2D eigenvalue weighted by atomic mass is 9.96. The average molecular weight is 237 g/mol. The number of aliphatic carboxylic acids is 1. The maximum Gasteiger partial charge on any atom is 0.309 e. The molecule has 0 aliphatic carbocycles. The van der Waals surface area contributed by atoms with Crippen molar-refractivity contribution in [3.63, 3.8) is 0 Å². The molecule has 0 aliphatic heterocycles. The van der Waals surface area contributed by atoms with Crippen molar-refractivity contribution in [2.75, 3.05) is 12.8 Å². The Morgan fingerprint density at radius 2 is 1.94 bits per heavy atom. The average Bonchev–Trinajstić information content (AvgIpc) is 2.29. The molecule has 0 fully saturated rings. The molecule has 1 aromatic rings. The number of hydrogen-bond acceptors (Lipinski definition) is 4. The number of methoxy groups -OCH3 is 1. The smallest absolute Gasteiger partial charge is 0.309 e.